The molecule has 156 valence electrons. The van der Waals surface area contributed by atoms with Crippen molar-refractivity contribution in [3.05, 3.63) is 24.3 Å². The Hall–Kier alpha value is -2.19. The van der Waals surface area contributed by atoms with E-state index in [1.807, 2.05) is 24.3 Å². The summed E-state index contributed by atoms with van der Waals surface area (Å²) in [6, 6.07) is 7.92. The molecule has 7 nitrogen and oxygen atoms in total. The molecule has 1 aromatic heterocycles. The number of nitrogens with zero attached hydrogens (tertiary/aromatic N) is 3. The van der Waals surface area contributed by atoms with Crippen LogP contribution in [0.3, 0.4) is 0 Å². The Labute approximate surface area is 174 Å². The van der Waals surface area contributed by atoms with Crippen LogP contribution in [0, 0.1) is 5.92 Å². The molecule has 29 heavy (non-hydrogen) atoms. The van der Waals surface area contributed by atoms with Crippen molar-refractivity contribution < 1.29 is 19.1 Å². The van der Waals surface area contributed by atoms with Gasteiger partial charge in [0.2, 0.25) is 5.91 Å². The summed E-state index contributed by atoms with van der Waals surface area (Å²) in [5, 5.41) is 0.708. The molecule has 2 saturated heterocycles. The van der Waals surface area contributed by atoms with E-state index < -0.39 is 0 Å². The van der Waals surface area contributed by atoms with Crippen molar-refractivity contribution in [1.82, 2.24) is 9.88 Å². The molecule has 0 saturated carbocycles. The van der Waals surface area contributed by atoms with Gasteiger partial charge in [-0.3, -0.25) is 9.69 Å². The van der Waals surface area contributed by atoms with Crippen LogP contribution < -0.4 is 4.90 Å². The average Bonchev–Trinajstić information content (AvgIpc) is 3.41. The number of para-hydroxylation sites is 1. The second-order valence-electron chi connectivity index (χ2n) is 7.53. The standard InChI is InChI=1S/C21H27N3O4S/c1-2-27-21(26)23-11-5-7-15(13-23)19(25)24(14-16-8-6-12-28-16)20-22-17-9-3-4-10-18(17)29-20/h3-4,9-10,15-16H,2,5-8,11-14H2,1H3. The first kappa shape index (κ1) is 20.1. The fourth-order valence-corrected chi connectivity index (χ4v) is 4.99. The van der Waals surface area contributed by atoms with E-state index in [-0.39, 0.29) is 24.0 Å². The number of benzene rings is 1. The van der Waals surface area contributed by atoms with Crippen molar-refractivity contribution in [2.24, 2.45) is 5.92 Å². The second-order valence-corrected chi connectivity index (χ2v) is 8.54. The Morgan fingerprint density at radius 3 is 2.93 bits per heavy atom. The summed E-state index contributed by atoms with van der Waals surface area (Å²) >= 11 is 1.53. The Bertz CT molecular complexity index is 831. The summed E-state index contributed by atoms with van der Waals surface area (Å²) in [5.41, 5.74) is 0.898. The molecule has 2 aliphatic heterocycles. The van der Waals surface area contributed by atoms with E-state index in [1.165, 1.54) is 11.3 Å². The van der Waals surface area contributed by atoms with Gasteiger partial charge in [-0.1, -0.05) is 23.5 Å². The fraction of sp³-hybridized carbons (Fsp3) is 0.571. The lowest BCUT2D eigenvalue weighted by atomic mass is 9.96. The van der Waals surface area contributed by atoms with Crippen LogP contribution in [0.2, 0.25) is 0 Å². The van der Waals surface area contributed by atoms with Crippen molar-refractivity contribution in [2.75, 3.05) is 37.7 Å². The van der Waals surface area contributed by atoms with E-state index in [0.29, 0.717) is 31.4 Å². The van der Waals surface area contributed by atoms with Crippen LogP contribution in [-0.4, -0.2) is 60.8 Å². The summed E-state index contributed by atoms with van der Waals surface area (Å²) in [7, 11) is 0. The third-order valence-electron chi connectivity index (χ3n) is 5.49. The Balaban J connectivity index is 1.56. The van der Waals surface area contributed by atoms with E-state index in [9.17, 15) is 9.59 Å². The van der Waals surface area contributed by atoms with Crippen molar-refractivity contribution in [3.8, 4) is 0 Å². The van der Waals surface area contributed by atoms with Crippen molar-refractivity contribution in [1.29, 1.82) is 0 Å². The van der Waals surface area contributed by atoms with Gasteiger partial charge in [0.1, 0.15) is 0 Å². The second kappa shape index (κ2) is 9.09. The summed E-state index contributed by atoms with van der Waals surface area (Å²) in [6.45, 7) is 4.41. The van der Waals surface area contributed by atoms with Crippen LogP contribution in [0.5, 0.6) is 0 Å². The lowest BCUT2D eigenvalue weighted by Crippen LogP contribution is -2.48. The number of carbonyl (C=O) groups excluding carboxylic acids is 2. The lowest BCUT2D eigenvalue weighted by Gasteiger charge is -2.34. The van der Waals surface area contributed by atoms with Gasteiger partial charge in [-0.05, 0) is 44.7 Å². The number of carbonyl (C=O) groups is 2. The Morgan fingerprint density at radius 1 is 1.31 bits per heavy atom. The number of hydrogen-bond acceptors (Lipinski definition) is 6. The number of thiazole rings is 1. The van der Waals surface area contributed by atoms with Crippen LogP contribution in [0.25, 0.3) is 10.2 Å². The first-order valence-corrected chi connectivity index (χ1v) is 11.2. The summed E-state index contributed by atoms with van der Waals surface area (Å²) in [6.07, 6.45) is 3.23. The van der Waals surface area contributed by atoms with Crippen molar-refractivity contribution in [3.63, 3.8) is 0 Å². The minimum absolute atomic E-state index is 0.0218. The Kier molecular flexibility index (Phi) is 6.30. The monoisotopic (exact) mass is 417 g/mol. The topological polar surface area (TPSA) is 72.0 Å². The summed E-state index contributed by atoms with van der Waals surface area (Å²) in [5.74, 6) is -0.227. The van der Waals surface area contributed by atoms with E-state index in [2.05, 4.69) is 0 Å². The number of likely N-dealkylation sites (tertiary alicyclic amines) is 1. The highest BCUT2D eigenvalue weighted by Gasteiger charge is 2.35. The average molecular weight is 418 g/mol. The third-order valence-corrected chi connectivity index (χ3v) is 6.55. The van der Waals surface area contributed by atoms with Crippen molar-refractivity contribution in [2.45, 2.75) is 38.7 Å². The summed E-state index contributed by atoms with van der Waals surface area (Å²) < 4.78 is 12.0. The predicted octanol–water partition coefficient (Wildman–Crippen LogP) is 3.68. The van der Waals surface area contributed by atoms with Crippen LogP contribution in [-0.2, 0) is 14.3 Å². The molecule has 0 N–H and O–H groups in total. The maximum Gasteiger partial charge on any atom is 0.409 e. The van der Waals surface area contributed by atoms with Gasteiger partial charge >= 0.3 is 6.09 Å². The van der Waals surface area contributed by atoms with Crippen LogP contribution in [0.1, 0.15) is 32.6 Å². The van der Waals surface area contributed by atoms with E-state index in [4.69, 9.17) is 14.5 Å². The molecule has 0 radical (unpaired) electrons. The van der Waals surface area contributed by atoms with Gasteiger partial charge in [0, 0.05) is 19.7 Å². The number of ether oxygens (including phenoxy) is 2. The normalized spacial score (nSPS) is 22.0. The van der Waals surface area contributed by atoms with Gasteiger partial charge < -0.3 is 14.4 Å². The first-order valence-electron chi connectivity index (χ1n) is 10.4. The van der Waals surface area contributed by atoms with Gasteiger partial charge in [0.25, 0.3) is 0 Å². The third kappa shape index (κ3) is 4.53. The van der Waals surface area contributed by atoms with E-state index in [0.717, 1.165) is 42.5 Å². The molecule has 4 rings (SSSR count). The molecule has 0 aliphatic carbocycles. The molecule has 2 amide bonds. The fourth-order valence-electron chi connectivity index (χ4n) is 4.01. The van der Waals surface area contributed by atoms with Crippen LogP contribution in [0.15, 0.2) is 24.3 Å². The number of anilines is 1. The van der Waals surface area contributed by atoms with Crippen LogP contribution in [0.4, 0.5) is 9.93 Å². The SMILES string of the molecule is CCOC(=O)N1CCCC(C(=O)N(CC2CCCO2)c2nc3ccccc3s2)C1. The Morgan fingerprint density at radius 2 is 2.17 bits per heavy atom. The van der Waals surface area contributed by atoms with E-state index in [1.54, 1.807) is 16.7 Å². The number of amides is 2. The molecule has 2 unspecified atom stereocenters. The zero-order chi connectivity index (χ0) is 20.2. The molecule has 8 heteroatoms. The van der Waals surface area contributed by atoms with Crippen molar-refractivity contribution >= 4 is 38.7 Å². The summed E-state index contributed by atoms with van der Waals surface area (Å²) in [4.78, 5) is 33.9. The lowest BCUT2D eigenvalue weighted by molar-refractivity contribution is -0.124. The number of rotatable bonds is 5. The largest absolute Gasteiger partial charge is 0.450 e. The molecule has 1 aromatic carbocycles. The maximum absolute atomic E-state index is 13.5. The molecule has 2 fully saturated rings. The molecule has 3 heterocycles. The van der Waals surface area contributed by atoms with E-state index >= 15 is 0 Å². The van der Waals surface area contributed by atoms with Gasteiger partial charge in [0.15, 0.2) is 5.13 Å². The molecule has 2 aliphatic rings. The van der Waals surface area contributed by atoms with Crippen LogP contribution >= 0.6 is 11.3 Å². The minimum Gasteiger partial charge on any atom is -0.450 e. The number of piperidine rings is 1. The molecule has 0 spiro atoms. The molecular formula is C21H27N3O4S. The number of fused-ring (bicyclic) bond motifs is 1. The van der Waals surface area contributed by atoms with Gasteiger partial charge in [-0.25, -0.2) is 9.78 Å². The molecule has 2 atom stereocenters. The quantitative estimate of drug-likeness (QED) is 0.742. The zero-order valence-corrected chi connectivity index (χ0v) is 17.5. The van der Waals surface area contributed by atoms with Gasteiger partial charge in [-0.2, -0.15) is 0 Å². The number of aromatic nitrogens is 1. The minimum atomic E-state index is -0.337. The predicted molar refractivity (Wildman–Crippen MR) is 112 cm³/mol. The molecule has 2 aromatic rings. The highest BCUT2D eigenvalue weighted by Crippen LogP contribution is 2.32. The first-order chi connectivity index (χ1) is 14.2. The smallest absolute Gasteiger partial charge is 0.409 e. The highest BCUT2D eigenvalue weighted by molar-refractivity contribution is 7.22. The zero-order valence-electron chi connectivity index (χ0n) is 16.7. The molecule has 0 bridgehead atoms. The number of hydrogen-bond donors (Lipinski definition) is 0. The highest BCUT2D eigenvalue weighted by atomic mass is 32.1. The van der Waals surface area contributed by atoms with Gasteiger partial charge in [0.05, 0.1) is 35.4 Å². The maximum atomic E-state index is 13.5. The molecular weight excluding hydrogens is 390 g/mol. The van der Waals surface area contributed by atoms with Gasteiger partial charge in [-0.15, -0.1) is 0 Å².